The molecule has 4 nitrogen and oxygen atoms in total. The maximum atomic E-state index is 12.6. The van der Waals surface area contributed by atoms with Gasteiger partial charge in [0.2, 0.25) is 0 Å². The Kier molecular flexibility index (Phi) is 4.35. The Balaban J connectivity index is 3.38. The molecule has 0 spiro atoms. The van der Waals surface area contributed by atoms with E-state index in [4.69, 9.17) is 22.0 Å². The van der Waals surface area contributed by atoms with Crippen molar-refractivity contribution in [2.24, 2.45) is 0 Å². The van der Waals surface area contributed by atoms with Crippen LogP contribution in [0.5, 0.6) is 0 Å². The van der Waals surface area contributed by atoms with Gasteiger partial charge in [0, 0.05) is 11.8 Å². The zero-order valence-electron chi connectivity index (χ0n) is 8.45. The van der Waals surface area contributed by atoms with Crippen molar-refractivity contribution >= 4 is 17.6 Å². The third kappa shape index (κ3) is 2.88. The summed E-state index contributed by atoms with van der Waals surface area (Å²) in [4.78, 5) is 14.2. The van der Waals surface area contributed by atoms with Crippen LogP contribution in [0.1, 0.15) is 28.8 Å². The van der Waals surface area contributed by atoms with E-state index in [1.807, 2.05) is 0 Å². The number of nitrogens with zero attached hydrogens (tertiary/aromatic N) is 2. The molecule has 1 heterocycles. The molecule has 0 aliphatic rings. The Morgan fingerprint density at radius 3 is 2.71 bits per heavy atom. The molecule has 0 bridgehead atoms. The number of rotatable bonds is 4. The molecule has 0 unspecified atom stereocenters. The Morgan fingerprint density at radius 2 is 2.29 bits per heavy atom. The van der Waals surface area contributed by atoms with Gasteiger partial charge < -0.3 is 5.11 Å². The van der Waals surface area contributed by atoms with Gasteiger partial charge in [-0.25, -0.2) is 8.78 Å². The highest BCUT2D eigenvalue weighted by Gasteiger charge is 2.20. The van der Waals surface area contributed by atoms with Gasteiger partial charge >= 0.3 is 5.97 Å². The average molecular weight is 261 g/mol. The minimum Gasteiger partial charge on any atom is -0.481 e. The highest BCUT2D eigenvalue weighted by Crippen LogP contribution is 2.27. The van der Waals surface area contributed by atoms with E-state index in [-0.39, 0.29) is 22.7 Å². The number of nitriles is 1. The summed E-state index contributed by atoms with van der Waals surface area (Å²) in [6.07, 6.45) is -2.49. The fourth-order valence-corrected chi connectivity index (χ4v) is 1.63. The van der Waals surface area contributed by atoms with Gasteiger partial charge in [0.25, 0.3) is 6.43 Å². The van der Waals surface area contributed by atoms with Gasteiger partial charge in [-0.1, -0.05) is 0 Å². The van der Waals surface area contributed by atoms with Crippen molar-refractivity contribution in [3.05, 3.63) is 28.6 Å². The van der Waals surface area contributed by atoms with Crippen molar-refractivity contribution in [2.75, 3.05) is 0 Å². The smallest absolute Gasteiger partial charge is 0.309 e. The molecule has 0 amide bonds. The fourth-order valence-electron chi connectivity index (χ4n) is 1.35. The number of carboxylic acid groups (broad SMARTS) is 1. The topological polar surface area (TPSA) is 74.0 Å². The normalized spacial score (nSPS) is 10.3. The maximum Gasteiger partial charge on any atom is 0.309 e. The van der Waals surface area contributed by atoms with Crippen molar-refractivity contribution in [1.82, 2.24) is 4.98 Å². The molecule has 0 saturated heterocycles. The summed E-state index contributed by atoms with van der Waals surface area (Å²) in [5.74, 6) is -1.41. The van der Waals surface area contributed by atoms with Crippen LogP contribution in [0.4, 0.5) is 8.78 Å². The first-order chi connectivity index (χ1) is 8.01. The molecule has 17 heavy (non-hydrogen) atoms. The first kappa shape index (κ1) is 13.3. The Hall–Kier alpha value is -1.74. The molecule has 0 atom stereocenters. The second-order valence-electron chi connectivity index (χ2n) is 3.13. The van der Waals surface area contributed by atoms with Crippen LogP contribution in [0.3, 0.4) is 0 Å². The van der Waals surface area contributed by atoms with Gasteiger partial charge in [0.15, 0.2) is 0 Å². The van der Waals surface area contributed by atoms with Gasteiger partial charge in [-0.3, -0.25) is 9.78 Å². The average Bonchev–Trinajstić information content (AvgIpc) is 2.26. The summed E-state index contributed by atoms with van der Waals surface area (Å²) in [5.41, 5.74) is -0.735. The van der Waals surface area contributed by atoms with Crippen LogP contribution in [0.25, 0.3) is 0 Å². The molecule has 90 valence electrons. The minimum absolute atomic E-state index is 0.0356. The second-order valence-corrected chi connectivity index (χ2v) is 3.40. The predicted octanol–water partition coefficient (Wildman–Crippen LogP) is 2.26. The highest BCUT2D eigenvalue weighted by atomic mass is 35.5. The summed E-state index contributed by atoms with van der Waals surface area (Å²) in [5, 5.41) is 17.4. The lowest BCUT2D eigenvalue weighted by Gasteiger charge is -2.10. The Bertz CT molecular complexity index is 486. The number of hydrogen-bond donors (Lipinski definition) is 1. The zero-order valence-corrected chi connectivity index (χ0v) is 9.21. The molecule has 1 N–H and O–H groups in total. The summed E-state index contributed by atoms with van der Waals surface area (Å²) in [7, 11) is 0. The largest absolute Gasteiger partial charge is 0.481 e. The van der Waals surface area contributed by atoms with Crippen molar-refractivity contribution in [2.45, 2.75) is 18.7 Å². The number of aliphatic carboxylic acids is 1. The van der Waals surface area contributed by atoms with Gasteiger partial charge in [-0.15, -0.1) is 11.6 Å². The minimum atomic E-state index is -2.85. The van der Waals surface area contributed by atoms with E-state index in [0.29, 0.717) is 0 Å². The Labute approximate surface area is 100 Å². The van der Waals surface area contributed by atoms with Gasteiger partial charge in [0.1, 0.15) is 6.07 Å². The standard InChI is InChI=1S/C10H7ClF2N2O2/c11-2-5-6(3-14)7(10(12)13)4-15-8(5)1-9(16)17/h4,10H,1-2H2,(H,16,17). The summed E-state index contributed by atoms with van der Waals surface area (Å²) < 4.78 is 25.1. The van der Waals surface area contributed by atoms with Crippen molar-refractivity contribution in [3.63, 3.8) is 0 Å². The summed E-state index contributed by atoms with van der Waals surface area (Å²) >= 11 is 5.55. The summed E-state index contributed by atoms with van der Waals surface area (Å²) in [6, 6.07) is 1.61. The van der Waals surface area contributed by atoms with Crippen molar-refractivity contribution in [3.8, 4) is 6.07 Å². The van der Waals surface area contributed by atoms with E-state index < -0.39 is 24.4 Å². The van der Waals surface area contributed by atoms with E-state index in [9.17, 15) is 13.6 Å². The van der Waals surface area contributed by atoms with Crippen LogP contribution in [0.2, 0.25) is 0 Å². The molecule has 1 aromatic rings. The van der Waals surface area contributed by atoms with Crippen LogP contribution < -0.4 is 0 Å². The first-order valence-corrected chi connectivity index (χ1v) is 5.01. The number of aromatic nitrogens is 1. The molecular weight excluding hydrogens is 254 g/mol. The molecule has 0 fully saturated rings. The van der Waals surface area contributed by atoms with E-state index in [1.54, 1.807) is 6.07 Å². The molecule has 0 saturated carbocycles. The number of carboxylic acids is 1. The van der Waals surface area contributed by atoms with Crippen molar-refractivity contribution in [1.29, 1.82) is 5.26 Å². The fraction of sp³-hybridized carbons (Fsp3) is 0.300. The van der Waals surface area contributed by atoms with Crippen molar-refractivity contribution < 1.29 is 18.7 Å². The quantitative estimate of drug-likeness (QED) is 0.843. The highest BCUT2D eigenvalue weighted by molar-refractivity contribution is 6.17. The van der Waals surface area contributed by atoms with E-state index >= 15 is 0 Å². The number of carbonyl (C=O) groups is 1. The van der Waals surface area contributed by atoms with Gasteiger partial charge in [-0.05, 0) is 0 Å². The van der Waals surface area contributed by atoms with Gasteiger partial charge in [0.05, 0.1) is 29.1 Å². The Morgan fingerprint density at radius 1 is 1.65 bits per heavy atom. The van der Waals surface area contributed by atoms with Gasteiger partial charge in [-0.2, -0.15) is 5.26 Å². The molecule has 0 radical (unpaired) electrons. The lowest BCUT2D eigenvalue weighted by Crippen LogP contribution is -2.09. The SMILES string of the molecule is N#Cc1c(C(F)F)cnc(CC(=O)O)c1CCl. The maximum absolute atomic E-state index is 12.6. The molecule has 0 aromatic carbocycles. The molecule has 7 heteroatoms. The molecule has 0 aliphatic carbocycles. The lowest BCUT2D eigenvalue weighted by atomic mass is 10.0. The number of halogens is 3. The van der Waals surface area contributed by atoms with E-state index in [1.165, 1.54) is 0 Å². The van der Waals surface area contributed by atoms with Crippen LogP contribution >= 0.6 is 11.6 Å². The third-order valence-electron chi connectivity index (χ3n) is 2.10. The van der Waals surface area contributed by atoms with E-state index in [2.05, 4.69) is 4.98 Å². The number of hydrogen-bond acceptors (Lipinski definition) is 3. The third-order valence-corrected chi connectivity index (χ3v) is 2.36. The van der Waals surface area contributed by atoms with Crippen LogP contribution in [0, 0.1) is 11.3 Å². The first-order valence-electron chi connectivity index (χ1n) is 4.47. The predicted molar refractivity (Wildman–Crippen MR) is 54.8 cm³/mol. The molecule has 1 aromatic heterocycles. The summed E-state index contributed by atoms with van der Waals surface area (Å²) in [6.45, 7) is 0. The lowest BCUT2D eigenvalue weighted by molar-refractivity contribution is -0.136. The number of pyridine rings is 1. The zero-order chi connectivity index (χ0) is 13.0. The monoisotopic (exact) mass is 260 g/mol. The molecular formula is C10H7ClF2N2O2. The van der Waals surface area contributed by atoms with Crippen LogP contribution in [0.15, 0.2) is 6.20 Å². The van der Waals surface area contributed by atoms with Crippen LogP contribution in [-0.4, -0.2) is 16.1 Å². The second kappa shape index (κ2) is 5.55. The van der Waals surface area contributed by atoms with Crippen LogP contribution in [-0.2, 0) is 17.1 Å². The number of alkyl halides is 3. The molecule has 0 aliphatic heterocycles. The molecule has 1 rings (SSSR count). The van der Waals surface area contributed by atoms with E-state index in [0.717, 1.165) is 6.20 Å².